The van der Waals surface area contributed by atoms with Gasteiger partial charge in [0.25, 0.3) is 0 Å². The molecule has 0 saturated carbocycles. The third-order valence-corrected chi connectivity index (χ3v) is 4.51. The molecule has 0 saturated heterocycles. The van der Waals surface area contributed by atoms with Crippen molar-refractivity contribution in [3.8, 4) is 11.5 Å². The summed E-state index contributed by atoms with van der Waals surface area (Å²) >= 11 is 5.17. The number of nitrogens with one attached hydrogen (secondary N) is 1. The van der Waals surface area contributed by atoms with Crippen molar-refractivity contribution >= 4 is 33.7 Å². The molecular formula is C17H26BrNO4S. The Hall–Kier alpha value is -0.920. The second-order valence-electron chi connectivity index (χ2n) is 5.24. The molecule has 2 N–H and O–H groups in total. The number of halogens is 1. The van der Waals surface area contributed by atoms with Gasteiger partial charge in [0.2, 0.25) is 0 Å². The van der Waals surface area contributed by atoms with E-state index in [1.54, 1.807) is 11.8 Å². The van der Waals surface area contributed by atoms with Gasteiger partial charge in [0.05, 0.1) is 17.7 Å². The highest BCUT2D eigenvalue weighted by Crippen LogP contribution is 2.37. The van der Waals surface area contributed by atoms with E-state index in [1.807, 2.05) is 32.2 Å². The van der Waals surface area contributed by atoms with E-state index in [2.05, 4.69) is 21.2 Å². The number of carboxylic acid groups (broad SMARTS) is 1. The van der Waals surface area contributed by atoms with Gasteiger partial charge in [-0.3, -0.25) is 4.79 Å². The minimum absolute atomic E-state index is 0.456. The van der Waals surface area contributed by atoms with Crippen LogP contribution in [0.5, 0.6) is 11.5 Å². The molecule has 1 aromatic carbocycles. The first kappa shape index (κ1) is 21.1. The summed E-state index contributed by atoms with van der Waals surface area (Å²) in [4.78, 5) is 11.3. The largest absolute Gasteiger partial charge is 0.490 e. The maximum atomic E-state index is 11.3. The molecule has 0 radical (unpaired) electrons. The van der Waals surface area contributed by atoms with Crippen LogP contribution < -0.4 is 14.8 Å². The SMILES string of the molecule is CCCOc1c(Br)cc(CNC(CCSC)C(=O)O)cc1OCC. The zero-order valence-electron chi connectivity index (χ0n) is 14.4. The minimum Gasteiger partial charge on any atom is -0.490 e. The van der Waals surface area contributed by atoms with Gasteiger partial charge in [-0.25, -0.2) is 0 Å². The molecule has 0 heterocycles. The van der Waals surface area contributed by atoms with Crippen LogP contribution in [0, 0.1) is 0 Å². The number of hydrogen-bond donors (Lipinski definition) is 2. The van der Waals surface area contributed by atoms with Gasteiger partial charge >= 0.3 is 5.97 Å². The van der Waals surface area contributed by atoms with Crippen LogP contribution in [0.4, 0.5) is 0 Å². The summed E-state index contributed by atoms with van der Waals surface area (Å²) < 4.78 is 12.2. The predicted octanol–water partition coefficient (Wildman–Crippen LogP) is 3.93. The second-order valence-corrected chi connectivity index (χ2v) is 7.08. The summed E-state index contributed by atoms with van der Waals surface area (Å²) in [5.41, 5.74) is 0.949. The molecule has 0 amide bonds. The molecule has 1 aromatic rings. The van der Waals surface area contributed by atoms with Crippen LogP contribution in [0.3, 0.4) is 0 Å². The molecule has 5 nitrogen and oxygen atoms in total. The van der Waals surface area contributed by atoms with E-state index >= 15 is 0 Å². The van der Waals surface area contributed by atoms with E-state index in [-0.39, 0.29) is 0 Å². The van der Waals surface area contributed by atoms with Crippen LogP contribution in [0.25, 0.3) is 0 Å². The summed E-state index contributed by atoms with van der Waals surface area (Å²) in [6.45, 7) is 5.58. The Labute approximate surface area is 156 Å². The van der Waals surface area contributed by atoms with E-state index in [0.717, 1.165) is 22.2 Å². The maximum Gasteiger partial charge on any atom is 0.320 e. The first-order chi connectivity index (χ1) is 11.5. The van der Waals surface area contributed by atoms with Crippen molar-refractivity contribution in [2.75, 3.05) is 25.2 Å². The zero-order chi connectivity index (χ0) is 17.9. The Morgan fingerprint density at radius 3 is 2.71 bits per heavy atom. The number of benzene rings is 1. The van der Waals surface area contributed by atoms with Crippen molar-refractivity contribution in [3.05, 3.63) is 22.2 Å². The van der Waals surface area contributed by atoms with Crippen molar-refractivity contribution in [1.29, 1.82) is 0 Å². The van der Waals surface area contributed by atoms with Crippen LogP contribution in [0.15, 0.2) is 16.6 Å². The molecule has 1 rings (SSSR count). The molecular weight excluding hydrogens is 394 g/mol. The van der Waals surface area contributed by atoms with Crippen molar-refractivity contribution in [3.63, 3.8) is 0 Å². The van der Waals surface area contributed by atoms with Gasteiger partial charge in [0.1, 0.15) is 6.04 Å². The molecule has 1 unspecified atom stereocenters. The van der Waals surface area contributed by atoms with Crippen LogP contribution in [0.2, 0.25) is 0 Å². The lowest BCUT2D eigenvalue weighted by Crippen LogP contribution is -2.36. The molecule has 0 spiro atoms. The molecule has 0 aliphatic carbocycles. The van der Waals surface area contributed by atoms with E-state index in [9.17, 15) is 9.90 Å². The van der Waals surface area contributed by atoms with Crippen LogP contribution in [-0.4, -0.2) is 42.3 Å². The lowest BCUT2D eigenvalue weighted by molar-refractivity contribution is -0.139. The Bertz CT molecular complexity index is 528. The number of rotatable bonds is 12. The fourth-order valence-corrected chi connectivity index (χ4v) is 3.20. The first-order valence-electron chi connectivity index (χ1n) is 8.06. The molecule has 24 heavy (non-hydrogen) atoms. The third kappa shape index (κ3) is 6.91. The highest BCUT2D eigenvalue weighted by molar-refractivity contribution is 9.10. The van der Waals surface area contributed by atoms with Gasteiger partial charge in [-0.2, -0.15) is 11.8 Å². The standard InChI is InChI=1S/C17H26BrNO4S/c1-4-7-23-16-13(18)9-12(10-15(16)22-5-2)11-19-14(17(20)21)6-8-24-3/h9-10,14,19H,4-8,11H2,1-3H3,(H,20,21). The summed E-state index contributed by atoms with van der Waals surface area (Å²) in [7, 11) is 0. The molecule has 136 valence electrons. The fraction of sp³-hybridized carbons (Fsp3) is 0.588. The molecule has 0 fully saturated rings. The van der Waals surface area contributed by atoms with Gasteiger partial charge in [-0.1, -0.05) is 6.92 Å². The number of carboxylic acids is 1. The predicted molar refractivity (Wildman–Crippen MR) is 102 cm³/mol. The monoisotopic (exact) mass is 419 g/mol. The van der Waals surface area contributed by atoms with E-state index in [0.29, 0.717) is 37.7 Å². The van der Waals surface area contributed by atoms with E-state index in [1.165, 1.54) is 0 Å². The number of ether oxygens (including phenoxy) is 2. The summed E-state index contributed by atoms with van der Waals surface area (Å²) in [5, 5.41) is 12.4. The first-order valence-corrected chi connectivity index (χ1v) is 10.2. The Morgan fingerprint density at radius 1 is 1.38 bits per heavy atom. The number of hydrogen-bond acceptors (Lipinski definition) is 5. The van der Waals surface area contributed by atoms with Crippen LogP contribution >= 0.6 is 27.7 Å². The average Bonchev–Trinajstić information content (AvgIpc) is 2.54. The van der Waals surface area contributed by atoms with Gasteiger partial charge in [0.15, 0.2) is 11.5 Å². The normalized spacial score (nSPS) is 12.0. The zero-order valence-corrected chi connectivity index (χ0v) is 16.8. The Kier molecular flexibility index (Phi) is 10.2. The van der Waals surface area contributed by atoms with Gasteiger partial charge in [-0.15, -0.1) is 0 Å². The van der Waals surface area contributed by atoms with Crippen molar-refractivity contribution in [2.45, 2.75) is 39.3 Å². The smallest absolute Gasteiger partial charge is 0.320 e. The quantitative estimate of drug-likeness (QED) is 0.534. The van der Waals surface area contributed by atoms with Gasteiger partial charge in [-0.05, 0) is 65.4 Å². The highest BCUT2D eigenvalue weighted by atomic mass is 79.9. The van der Waals surface area contributed by atoms with E-state index < -0.39 is 12.0 Å². The van der Waals surface area contributed by atoms with Gasteiger partial charge < -0.3 is 19.9 Å². The van der Waals surface area contributed by atoms with E-state index in [4.69, 9.17) is 9.47 Å². The summed E-state index contributed by atoms with van der Waals surface area (Å²) in [5.74, 6) is 1.35. The molecule has 7 heteroatoms. The molecule has 0 aromatic heterocycles. The second kappa shape index (κ2) is 11.6. The van der Waals surface area contributed by atoms with Crippen LogP contribution in [0.1, 0.15) is 32.3 Å². The number of carbonyl (C=O) groups is 1. The van der Waals surface area contributed by atoms with Crippen molar-refractivity contribution in [2.24, 2.45) is 0 Å². The fourth-order valence-electron chi connectivity index (χ4n) is 2.12. The molecule has 0 aliphatic heterocycles. The number of thioether (sulfide) groups is 1. The molecule has 0 aliphatic rings. The van der Waals surface area contributed by atoms with Crippen LogP contribution in [-0.2, 0) is 11.3 Å². The highest BCUT2D eigenvalue weighted by Gasteiger charge is 2.17. The maximum absolute atomic E-state index is 11.3. The molecule has 1 atom stereocenters. The van der Waals surface area contributed by atoms with Crippen molar-refractivity contribution in [1.82, 2.24) is 5.32 Å². The average molecular weight is 420 g/mol. The molecule has 0 bridgehead atoms. The third-order valence-electron chi connectivity index (χ3n) is 3.28. The summed E-state index contributed by atoms with van der Waals surface area (Å²) in [6.07, 6.45) is 3.48. The minimum atomic E-state index is -0.823. The number of aliphatic carboxylic acids is 1. The topological polar surface area (TPSA) is 67.8 Å². The lowest BCUT2D eigenvalue weighted by atomic mass is 10.1. The van der Waals surface area contributed by atoms with Gasteiger partial charge in [0, 0.05) is 6.54 Å². The Balaban J connectivity index is 2.85. The Morgan fingerprint density at radius 2 is 2.12 bits per heavy atom. The van der Waals surface area contributed by atoms with Crippen molar-refractivity contribution < 1.29 is 19.4 Å². The summed E-state index contributed by atoms with van der Waals surface area (Å²) in [6, 6.07) is 3.29. The lowest BCUT2D eigenvalue weighted by Gasteiger charge is -2.17.